The summed E-state index contributed by atoms with van der Waals surface area (Å²) in [5.41, 5.74) is 0. The Morgan fingerprint density at radius 2 is 1.17 bits per heavy atom. The molecular weight excluding hydrogens is 203 g/mol. The quantitative estimate of drug-likeness (QED) is 0.519. The Hall–Kier alpha value is 0.936. The first-order chi connectivity index (χ1) is 2.00. The van der Waals surface area contributed by atoms with E-state index < -0.39 is 8.56 Å². The first kappa shape index (κ1) is 10.0. The third kappa shape index (κ3) is 87.3. The molecule has 0 aromatic heterocycles. The van der Waals surface area contributed by atoms with Crippen LogP contribution >= 0.6 is 0 Å². The molecule has 2 N–H and O–H groups in total. The zero-order valence-electron chi connectivity index (χ0n) is 3.89. The molecule has 0 atom stereocenters. The smallest absolute Gasteiger partial charge is 0.326 e. The Balaban J connectivity index is 0. The van der Waals surface area contributed by atoms with Gasteiger partial charge in [-0.3, -0.25) is 0 Å². The summed E-state index contributed by atoms with van der Waals surface area (Å²) in [6.07, 6.45) is 0. The Morgan fingerprint density at radius 3 is 1.17 bits per heavy atom. The predicted molar refractivity (Wildman–Crippen MR) is 27.7 cm³/mol. The van der Waals surface area contributed by atoms with E-state index in [-0.39, 0.29) is 23.9 Å². The van der Waals surface area contributed by atoms with E-state index in [0.29, 0.717) is 0 Å². The van der Waals surface area contributed by atoms with Gasteiger partial charge in [-0.2, -0.15) is 0 Å². The molecule has 0 rings (SSSR count). The molecule has 0 amide bonds. The van der Waals surface area contributed by atoms with Gasteiger partial charge in [-0.1, -0.05) is 0 Å². The van der Waals surface area contributed by atoms with Crippen molar-refractivity contribution in [2.24, 2.45) is 0 Å². The van der Waals surface area contributed by atoms with Gasteiger partial charge < -0.3 is 9.59 Å². The van der Waals surface area contributed by atoms with Gasteiger partial charge >= 0.3 is 8.56 Å². The van der Waals surface area contributed by atoms with Crippen LogP contribution in [0.3, 0.4) is 0 Å². The molecule has 0 saturated carbocycles. The minimum absolute atomic E-state index is 0. The average molecular weight is 211 g/mol. The normalized spacial score (nSPS) is 10.0. The van der Waals surface area contributed by atoms with Crippen molar-refractivity contribution in [3.05, 3.63) is 0 Å². The van der Waals surface area contributed by atoms with E-state index >= 15 is 0 Å². The zero-order chi connectivity index (χ0) is 4.50. The van der Waals surface area contributed by atoms with Crippen LogP contribution in [0.4, 0.5) is 0 Å². The maximum Gasteiger partial charge on any atom is 0.326 e. The van der Waals surface area contributed by atoms with Crippen LogP contribution in [0.5, 0.6) is 0 Å². The van der Waals surface area contributed by atoms with E-state index in [2.05, 4.69) is 0 Å². The van der Waals surface area contributed by atoms with Crippen molar-refractivity contribution in [3.8, 4) is 0 Å². The molecule has 0 fully saturated rings. The first-order valence-electron chi connectivity index (χ1n) is 1.45. The second-order valence-electron chi connectivity index (χ2n) is 1.49. The van der Waals surface area contributed by atoms with E-state index in [1.165, 1.54) is 13.1 Å². The molecule has 0 aromatic rings. The Kier molecular flexibility index (Phi) is 5.03. The Morgan fingerprint density at radius 1 is 1.17 bits per heavy atom. The molecule has 36 valence electrons. The maximum atomic E-state index is 8.22. The minimum Gasteiger partial charge on any atom is -0.411 e. The molecule has 0 aliphatic rings. The van der Waals surface area contributed by atoms with Crippen molar-refractivity contribution in [1.82, 2.24) is 0 Å². The van der Waals surface area contributed by atoms with Gasteiger partial charge in [0.1, 0.15) is 0 Å². The Labute approximate surface area is 55.4 Å². The second kappa shape index (κ2) is 3.01. The zero-order valence-corrected chi connectivity index (χ0v) is 7.75. The number of hydrogen-bond acceptors (Lipinski definition) is 2. The minimum atomic E-state index is -2.61. The van der Waals surface area contributed by atoms with Gasteiger partial charge in [0.15, 0.2) is 0 Å². The van der Waals surface area contributed by atoms with Gasteiger partial charge in [0.2, 0.25) is 0 Å². The van der Waals surface area contributed by atoms with Crippen molar-refractivity contribution in [2.45, 2.75) is 13.1 Å². The number of hydrogen-bond donors (Lipinski definition) is 2. The molecule has 0 bridgehead atoms. The SMILES string of the molecule is C[Si](C)(O)O.[Sn]. The van der Waals surface area contributed by atoms with Crippen LogP contribution in [0, 0.1) is 0 Å². The summed E-state index contributed by atoms with van der Waals surface area (Å²) >= 11 is 0. The van der Waals surface area contributed by atoms with Gasteiger partial charge in [-0.15, -0.1) is 0 Å². The molecular formula is C2H8O2SiSn. The first-order valence-corrected chi connectivity index (χ1v) is 4.34. The summed E-state index contributed by atoms with van der Waals surface area (Å²) in [6.45, 7) is 2.88. The second-order valence-corrected chi connectivity index (χ2v) is 4.48. The predicted octanol–water partition coefficient (Wildman–Crippen LogP) is -0.708. The van der Waals surface area contributed by atoms with E-state index in [1.54, 1.807) is 0 Å². The van der Waals surface area contributed by atoms with Crippen molar-refractivity contribution >= 4 is 32.5 Å². The van der Waals surface area contributed by atoms with Gasteiger partial charge in [0, 0.05) is 23.9 Å². The Bertz CT molecular complexity index is 27.0. The molecule has 0 unspecified atom stereocenters. The summed E-state index contributed by atoms with van der Waals surface area (Å²) in [6, 6.07) is 0. The summed E-state index contributed by atoms with van der Waals surface area (Å²) in [4.78, 5) is 16.4. The van der Waals surface area contributed by atoms with Gasteiger partial charge in [0.25, 0.3) is 0 Å². The van der Waals surface area contributed by atoms with E-state index in [1.807, 2.05) is 0 Å². The van der Waals surface area contributed by atoms with E-state index in [0.717, 1.165) is 0 Å². The number of rotatable bonds is 0. The molecule has 0 aliphatic carbocycles. The van der Waals surface area contributed by atoms with Crippen LogP contribution < -0.4 is 0 Å². The molecule has 4 heteroatoms. The monoisotopic (exact) mass is 212 g/mol. The van der Waals surface area contributed by atoms with Crippen molar-refractivity contribution in [2.75, 3.05) is 0 Å². The van der Waals surface area contributed by atoms with E-state index in [4.69, 9.17) is 9.59 Å². The molecule has 0 saturated heterocycles. The third-order valence-electron chi connectivity index (χ3n) is 0. The summed E-state index contributed by atoms with van der Waals surface area (Å²) in [5, 5.41) is 0. The molecule has 0 heterocycles. The van der Waals surface area contributed by atoms with Gasteiger partial charge in [-0.05, 0) is 13.1 Å². The standard InChI is InChI=1S/C2H8O2Si.Sn/c1-5(2,3)4;/h3-4H,1-2H3;. The van der Waals surface area contributed by atoms with Gasteiger partial charge in [0.05, 0.1) is 0 Å². The maximum absolute atomic E-state index is 8.22. The molecule has 6 heavy (non-hydrogen) atoms. The molecule has 4 radical (unpaired) electrons. The van der Waals surface area contributed by atoms with Crippen LogP contribution in [0.15, 0.2) is 0 Å². The van der Waals surface area contributed by atoms with Gasteiger partial charge in [-0.25, -0.2) is 0 Å². The summed E-state index contributed by atoms with van der Waals surface area (Å²) in [5.74, 6) is 0. The van der Waals surface area contributed by atoms with Crippen LogP contribution in [0.2, 0.25) is 13.1 Å². The van der Waals surface area contributed by atoms with Crippen molar-refractivity contribution in [1.29, 1.82) is 0 Å². The average Bonchev–Trinajstić information content (AvgIpc) is 0.722. The van der Waals surface area contributed by atoms with Crippen molar-refractivity contribution in [3.63, 3.8) is 0 Å². The molecule has 0 spiro atoms. The molecule has 0 aliphatic heterocycles. The molecule has 0 aromatic carbocycles. The summed E-state index contributed by atoms with van der Waals surface area (Å²) in [7, 11) is -2.61. The van der Waals surface area contributed by atoms with Crippen LogP contribution in [0.1, 0.15) is 0 Å². The van der Waals surface area contributed by atoms with Crippen LogP contribution in [0.25, 0.3) is 0 Å². The topological polar surface area (TPSA) is 40.5 Å². The fourth-order valence-electron chi connectivity index (χ4n) is 0. The van der Waals surface area contributed by atoms with Crippen LogP contribution in [-0.2, 0) is 0 Å². The van der Waals surface area contributed by atoms with Crippen molar-refractivity contribution < 1.29 is 9.59 Å². The fraction of sp³-hybridized carbons (Fsp3) is 1.00. The molecule has 2 nitrogen and oxygen atoms in total. The largest absolute Gasteiger partial charge is 0.411 e. The van der Waals surface area contributed by atoms with E-state index in [9.17, 15) is 0 Å². The van der Waals surface area contributed by atoms with Crippen LogP contribution in [-0.4, -0.2) is 42.1 Å². The summed E-state index contributed by atoms with van der Waals surface area (Å²) < 4.78 is 0. The third-order valence-corrected chi connectivity index (χ3v) is 0. The fourth-order valence-corrected chi connectivity index (χ4v) is 0.